The molecule has 5 rings (SSSR count). The second-order valence-electron chi connectivity index (χ2n) is 7.18. The largest absolute Gasteiger partial charge is 0.339 e. The van der Waals surface area contributed by atoms with Crippen LogP contribution in [0.1, 0.15) is 39.4 Å². The Morgan fingerprint density at radius 2 is 1.93 bits per heavy atom. The Kier molecular flexibility index (Phi) is 4.00. The highest BCUT2D eigenvalue weighted by Crippen LogP contribution is 2.39. The summed E-state index contributed by atoms with van der Waals surface area (Å²) in [5.41, 5.74) is 1.23. The van der Waals surface area contributed by atoms with Gasteiger partial charge in [-0.25, -0.2) is 12.7 Å². The van der Waals surface area contributed by atoms with Crippen molar-refractivity contribution in [1.82, 2.24) is 14.4 Å². The van der Waals surface area contributed by atoms with E-state index >= 15 is 0 Å². The number of aryl methyl sites for hydroxylation is 1. The van der Waals surface area contributed by atoms with E-state index in [1.54, 1.807) is 31.2 Å². The predicted octanol–water partition coefficient (Wildman–Crippen LogP) is 2.60. The number of hydrogen-bond acceptors (Lipinski definition) is 7. The highest BCUT2D eigenvalue weighted by Gasteiger charge is 2.48. The summed E-state index contributed by atoms with van der Waals surface area (Å²) < 4.78 is 31.5. The molecule has 2 heterocycles. The van der Waals surface area contributed by atoms with Crippen LogP contribution in [0.5, 0.6) is 0 Å². The van der Waals surface area contributed by atoms with Gasteiger partial charge in [0, 0.05) is 24.1 Å². The lowest BCUT2D eigenvalue weighted by atomic mass is 10.1. The van der Waals surface area contributed by atoms with Crippen LogP contribution < -0.4 is 5.32 Å². The van der Waals surface area contributed by atoms with Gasteiger partial charge in [-0.05, 0) is 43.2 Å². The molecule has 10 heteroatoms. The molecule has 0 radical (unpaired) electrons. The van der Waals surface area contributed by atoms with Crippen molar-refractivity contribution in [3.63, 3.8) is 0 Å². The molecule has 0 saturated heterocycles. The number of carbonyl (C=O) groups excluding carboxylic acids is 2. The van der Waals surface area contributed by atoms with Crippen molar-refractivity contribution in [3.8, 4) is 11.4 Å². The lowest BCUT2D eigenvalue weighted by Crippen LogP contribution is -2.31. The van der Waals surface area contributed by atoms with E-state index in [2.05, 4.69) is 15.5 Å². The van der Waals surface area contributed by atoms with E-state index in [0.717, 1.165) is 4.31 Å². The fourth-order valence-electron chi connectivity index (χ4n) is 3.45. The van der Waals surface area contributed by atoms with Crippen LogP contribution in [-0.2, 0) is 10.0 Å². The van der Waals surface area contributed by atoms with Crippen molar-refractivity contribution in [2.45, 2.75) is 30.7 Å². The summed E-state index contributed by atoms with van der Waals surface area (Å²) in [6.45, 7) is 1.66. The number of rotatable bonds is 4. The zero-order valence-electron chi connectivity index (χ0n) is 15.8. The molecular formula is C20H16N4O5S. The van der Waals surface area contributed by atoms with E-state index < -0.39 is 21.8 Å². The Hall–Kier alpha value is -3.53. The van der Waals surface area contributed by atoms with Crippen LogP contribution in [0.2, 0.25) is 0 Å². The normalized spacial score (nSPS) is 17.1. The van der Waals surface area contributed by atoms with Gasteiger partial charge in [-0.3, -0.25) is 9.59 Å². The third-order valence-corrected chi connectivity index (χ3v) is 6.91. The van der Waals surface area contributed by atoms with Gasteiger partial charge in [0.15, 0.2) is 0 Å². The smallest absolute Gasteiger partial charge is 0.269 e. The molecule has 2 amide bonds. The lowest BCUT2D eigenvalue weighted by molar-refractivity contribution is 0.0864. The fourth-order valence-corrected chi connectivity index (χ4v) is 5.29. The number of amides is 2. The fraction of sp³-hybridized carbons (Fsp3) is 0.200. The van der Waals surface area contributed by atoms with Crippen molar-refractivity contribution in [2.75, 3.05) is 5.32 Å². The van der Waals surface area contributed by atoms with Gasteiger partial charge < -0.3 is 9.84 Å². The molecule has 1 aliphatic carbocycles. The average Bonchev–Trinajstić information content (AvgIpc) is 3.42. The molecule has 2 aromatic carbocycles. The first-order chi connectivity index (χ1) is 14.4. The van der Waals surface area contributed by atoms with Gasteiger partial charge in [0.05, 0.1) is 11.3 Å². The highest BCUT2D eigenvalue weighted by atomic mass is 32.2. The van der Waals surface area contributed by atoms with Gasteiger partial charge >= 0.3 is 0 Å². The van der Waals surface area contributed by atoms with Crippen molar-refractivity contribution in [1.29, 1.82) is 0 Å². The predicted molar refractivity (Wildman–Crippen MR) is 105 cm³/mol. The van der Waals surface area contributed by atoms with E-state index in [9.17, 15) is 18.0 Å². The van der Waals surface area contributed by atoms with Gasteiger partial charge in [-0.2, -0.15) is 4.98 Å². The molecule has 1 fully saturated rings. The monoisotopic (exact) mass is 424 g/mol. The number of sulfonamides is 1. The van der Waals surface area contributed by atoms with E-state index in [-0.39, 0.29) is 22.1 Å². The first-order valence-electron chi connectivity index (χ1n) is 9.30. The van der Waals surface area contributed by atoms with Crippen LogP contribution in [0.15, 0.2) is 51.9 Å². The van der Waals surface area contributed by atoms with Gasteiger partial charge in [0.1, 0.15) is 4.90 Å². The minimum absolute atomic E-state index is 0.0983. The molecule has 0 unspecified atom stereocenters. The molecule has 1 saturated carbocycles. The molecule has 9 nitrogen and oxygen atoms in total. The van der Waals surface area contributed by atoms with Crippen molar-refractivity contribution >= 4 is 27.5 Å². The quantitative estimate of drug-likeness (QED) is 0.683. The maximum Gasteiger partial charge on any atom is 0.269 e. The lowest BCUT2D eigenvalue weighted by Gasteiger charge is -2.13. The van der Waals surface area contributed by atoms with Crippen LogP contribution in [-0.4, -0.2) is 40.7 Å². The Morgan fingerprint density at radius 3 is 2.63 bits per heavy atom. The van der Waals surface area contributed by atoms with Crippen LogP contribution in [0.3, 0.4) is 0 Å². The number of benzene rings is 2. The summed E-state index contributed by atoms with van der Waals surface area (Å²) in [7, 11) is -3.94. The molecular weight excluding hydrogens is 408 g/mol. The zero-order chi connectivity index (χ0) is 21.0. The van der Waals surface area contributed by atoms with Crippen LogP contribution in [0.25, 0.3) is 11.4 Å². The third kappa shape index (κ3) is 2.88. The number of anilines is 1. The average molecular weight is 424 g/mol. The molecule has 1 N–H and O–H groups in total. The topological polar surface area (TPSA) is 122 Å². The summed E-state index contributed by atoms with van der Waals surface area (Å²) in [4.78, 5) is 29.4. The molecule has 0 spiro atoms. The molecule has 1 aromatic heterocycles. The van der Waals surface area contributed by atoms with Crippen LogP contribution in [0, 0.1) is 6.92 Å². The summed E-state index contributed by atoms with van der Waals surface area (Å²) in [6.07, 6.45) is 1.33. The first kappa shape index (κ1) is 18.5. The maximum atomic E-state index is 12.9. The molecule has 2 aliphatic rings. The molecule has 3 aromatic rings. The maximum absolute atomic E-state index is 12.9. The number of nitrogens with zero attached hydrogens (tertiary/aromatic N) is 3. The van der Waals surface area contributed by atoms with E-state index in [0.29, 0.717) is 35.8 Å². The number of aromatic nitrogens is 2. The summed E-state index contributed by atoms with van der Waals surface area (Å²) in [5, 5.41) is 6.63. The number of carbonyl (C=O) groups is 2. The number of fused-ring (bicyclic) bond motifs is 1. The summed E-state index contributed by atoms with van der Waals surface area (Å²) in [5.74, 6) is -0.333. The molecule has 0 bridgehead atoms. The minimum Gasteiger partial charge on any atom is -0.339 e. The zero-order valence-corrected chi connectivity index (χ0v) is 16.6. The van der Waals surface area contributed by atoms with Gasteiger partial charge in [0.25, 0.3) is 21.8 Å². The number of nitrogens with one attached hydrogen (secondary N) is 1. The van der Waals surface area contributed by atoms with Gasteiger partial charge in [0.2, 0.25) is 11.7 Å². The Morgan fingerprint density at radius 1 is 1.17 bits per heavy atom. The standard InChI is InChI=1S/C20H16N4O5S/c1-11-21-18(23-29-11)14-4-2-3-5-16(14)22-19(25)12-6-9-15-17(10-12)30(27,28)24(20(15)26)13-7-8-13/h2-6,9-10,13H,7-8H2,1H3,(H,22,25). The third-order valence-electron chi connectivity index (χ3n) is 5.03. The molecule has 30 heavy (non-hydrogen) atoms. The van der Waals surface area contributed by atoms with Crippen LogP contribution >= 0.6 is 0 Å². The van der Waals surface area contributed by atoms with E-state index in [1.807, 2.05) is 0 Å². The van der Waals surface area contributed by atoms with Gasteiger partial charge in [-0.1, -0.05) is 17.3 Å². The van der Waals surface area contributed by atoms with Crippen LogP contribution in [0.4, 0.5) is 5.69 Å². The summed E-state index contributed by atoms with van der Waals surface area (Å²) >= 11 is 0. The van der Waals surface area contributed by atoms with E-state index in [1.165, 1.54) is 18.2 Å². The van der Waals surface area contributed by atoms with Crippen molar-refractivity contribution in [2.24, 2.45) is 0 Å². The second kappa shape index (κ2) is 6.49. The van der Waals surface area contributed by atoms with Gasteiger partial charge in [-0.15, -0.1) is 0 Å². The Bertz CT molecular complexity index is 1310. The molecule has 0 atom stereocenters. The summed E-state index contributed by atoms with van der Waals surface area (Å²) in [6, 6.07) is 10.7. The second-order valence-corrected chi connectivity index (χ2v) is 8.97. The van der Waals surface area contributed by atoms with Crippen molar-refractivity contribution in [3.05, 3.63) is 59.5 Å². The Labute approximate surface area is 171 Å². The van der Waals surface area contributed by atoms with Crippen molar-refractivity contribution < 1.29 is 22.5 Å². The highest BCUT2D eigenvalue weighted by molar-refractivity contribution is 7.90. The minimum atomic E-state index is -3.94. The number of hydrogen-bond donors (Lipinski definition) is 1. The number of para-hydroxylation sites is 1. The molecule has 1 aliphatic heterocycles. The molecule has 152 valence electrons. The van der Waals surface area contributed by atoms with E-state index in [4.69, 9.17) is 4.52 Å². The SMILES string of the molecule is Cc1nc(-c2ccccc2NC(=O)c2ccc3c(c2)S(=O)(=O)N(C2CC2)C3=O)no1. The first-order valence-corrected chi connectivity index (χ1v) is 10.7. The Balaban J connectivity index is 1.47.